The third-order valence-corrected chi connectivity index (χ3v) is 5.59. The maximum absolute atomic E-state index is 11.1. The molecule has 1 aliphatic carbocycles. The molecule has 1 atom stereocenters. The van der Waals surface area contributed by atoms with Crippen molar-refractivity contribution in [1.29, 1.82) is 0 Å². The number of fused-ring (bicyclic) bond motifs is 1. The van der Waals surface area contributed by atoms with Gasteiger partial charge in [0.1, 0.15) is 0 Å². The Kier molecular flexibility index (Phi) is 5.46. The Morgan fingerprint density at radius 1 is 1.04 bits per heavy atom. The molecule has 1 aliphatic heterocycles. The highest BCUT2D eigenvalue weighted by atomic mass is 35.5. The van der Waals surface area contributed by atoms with E-state index in [2.05, 4.69) is 47.4 Å². The summed E-state index contributed by atoms with van der Waals surface area (Å²) in [6.07, 6.45) is 2.99. The van der Waals surface area contributed by atoms with Gasteiger partial charge in [0.05, 0.1) is 18.8 Å². The van der Waals surface area contributed by atoms with E-state index in [-0.39, 0.29) is 18.3 Å². The number of benzene rings is 2. The lowest BCUT2D eigenvalue weighted by Crippen LogP contribution is -2.49. The van der Waals surface area contributed by atoms with Crippen molar-refractivity contribution in [2.45, 2.75) is 30.8 Å². The highest BCUT2D eigenvalue weighted by Crippen LogP contribution is 2.44. The van der Waals surface area contributed by atoms with E-state index in [1.807, 2.05) is 0 Å². The summed E-state index contributed by atoms with van der Waals surface area (Å²) in [6, 6.07) is 15.1. The second-order valence-corrected chi connectivity index (χ2v) is 7.03. The van der Waals surface area contributed by atoms with Gasteiger partial charge in [-0.3, -0.25) is 4.90 Å². The normalized spacial score (nSPS) is 21.7. The number of aliphatic hydroxyl groups is 1. The first-order valence-electron chi connectivity index (χ1n) is 8.76. The molecule has 1 saturated carbocycles. The zero-order valence-electron chi connectivity index (χ0n) is 14.0. The van der Waals surface area contributed by atoms with Crippen molar-refractivity contribution < 1.29 is 9.84 Å². The molecule has 0 aromatic heterocycles. The van der Waals surface area contributed by atoms with Gasteiger partial charge < -0.3 is 9.84 Å². The minimum atomic E-state index is -0.527. The van der Waals surface area contributed by atoms with Crippen LogP contribution in [-0.2, 0) is 4.74 Å². The van der Waals surface area contributed by atoms with Crippen molar-refractivity contribution in [3.05, 3.63) is 48.0 Å². The van der Waals surface area contributed by atoms with Gasteiger partial charge in [0, 0.05) is 25.6 Å². The summed E-state index contributed by atoms with van der Waals surface area (Å²) in [7, 11) is 0. The predicted molar refractivity (Wildman–Crippen MR) is 100.0 cm³/mol. The number of hydrogen-bond donors (Lipinski definition) is 1. The van der Waals surface area contributed by atoms with Crippen LogP contribution in [0.15, 0.2) is 42.5 Å². The second kappa shape index (κ2) is 7.40. The zero-order chi connectivity index (χ0) is 15.7. The Morgan fingerprint density at radius 3 is 2.42 bits per heavy atom. The highest BCUT2D eigenvalue weighted by Gasteiger charge is 2.43. The zero-order valence-corrected chi connectivity index (χ0v) is 14.8. The summed E-state index contributed by atoms with van der Waals surface area (Å²) < 4.78 is 5.47. The van der Waals surface area contributed by atoms with E-state index >= 15 is 0 Å². The van der Waals surface area contributed by atoms with E-state index in [0.29, 0.717) is 0 Å². The average Bonchev–Trinajstić information content (AvgIpc) is 2.58. The highest BCUT2D eigenvalue weighted by molar-refractivity contribution is 5.85. The van der Waals surface area contributed by atoms with Crippen LogP contribution in [-0.4, -0.2) is 48.5 Å². The summed E-state index contributed by atoms with van der Waals surface area (Å²) in [6.45, 7) is 4.49. The summed E-state index contributed by atoms with van der Waals surface area (Å²) in [4.78, 5) is 2.44. The number of halogens is 1. The largest absolute Gasteiger partial charge is 0.389 e. The molecule has 1 unspecified atom stereocenters. The van der Waals surface area contributed by atoms with Gasteiger partial charge in [0.15, 0.2) is 0 Å². The molecule has 0 radical (unpaired) electrons. The molecular formula is C20H26ClNO2. The quantitative estimate of drug-likeness (QED) is 0.917. The number of morpholine rings is 1. The third-order valence-electron chi connectivity index (χ3n) is 5.59. The smallest absolute Gasteiger partial charge is 0.0728 e. The van der Waals surface area contributed by atoms with Crippen molar-refractivity contribution >= 4 is 23.2 Å². The topological polar surface area (TPSA) is 32.7 Å². The Hall–Kier alpha value is -1.13. The summed E-state index contributed by atoms with van der Waals surface area (Å²) in [5.41, 5.74) is 0.748. The molecule has 4 rings (SSSR count). The van der Waals surface area contributed by atoms with Gasteiger partial charge in [0.25, 0.3) is 0 Å². The van der Waals surface area contributed by atoms with Gasteiger partial charge in [0.2, 0.25) is 0 Å². The monoisotopic (exact) mass is 347 g/mol. The third kappa shape index (κ3) is 3.45. The Morgan fingerprint density at radius 2 is 1.75 bits per heavy atom. The maximum atomic E-state index is 11.1. The molecule has 3 nitrogen and oxygen atoms in total. The average molecular weight is 348 g/mol. The first-order chi connectivity index (χ1) is 11.2. The van der Waals surface area contributed by atoms with Crippen LogP contribution in [0.5, 0.6) is 0 Å². The minimum absolute atomic E-state index is 0. The van der Waals surface area contributed by atoms with Gasteiger partial charge in [-0.25, -0.2) is 0 Å². The number of ether oxygens (including phenoxy) is 1. The lowest BCUT2D eigenvalue weighted by Gasteiger charge is -2.45. The standard InChI is InChI=1S/C20H25NO2.ClH/c22-20(8-3-9-20)19(15-21-10-12-23-13-11-21)18-7-6-16-4-1-2-5-17(16)14-18;/h1-2,4-7,14,19,22H,3,8-13,15H2;1H. The molecule has 2 aromatic carbocycles. The fraction of sp³-hybridized carbons (Fsp3) is 0.500. The van der Waals surface area contributed by atoms with Crippen LogP contribution in [0.1, 0.15) is 30.7 Å². The first kappa shape index (κ1) is 17.7. The molecule has 0 spiro atoms. The van der Waals surface area contributed by atoms with Crippen LogP contribution < -0.4 is 0 Å². The van der Waals surface area contributed by atoms with E-state index in [1.54, 1.807) is 0 Å². The van der Waals surface area contributed by atoms with Crippen LogP contribution in [0.3, 0.4) is 0 Å². The molecular weight excluding hydrogens is 322 g/mol. The van der Waals surface area contributed by atoms with E-state index in [1.165, 1.54) is 16.3 Å². The fourth-order valence-electron chi connectivity index (χ4n) is 3.94. The van der Waals surface area contributed by atoms with Crippen LogP contribution >= 0.6 is 12.4 Å². The van der Waals surface area contributed by atoms with Crippen molar-refractivity contribution in [1.82, 2.24) is 4.90 Å². The fourth-order valence-corrected chi connectivity index (χ4v) is 3.94. The lowest BCUT2D eigenvalue weighted by atomic mass is 9.68. The van der Waals surface area contributed by atoms with E-state index < -0.39 is 5.60 Å². The van der Waals surface area contributed by atoms with Crippen LogP contribution in [0, 0.1) is 0 Å². The van der Waals surface area contributed by atoms with Gasteiger partial charge in [-0.15, -0.1) is 12.4 Å². The summed E-state index contributed by atoms with van der Waals surface area (Å²) in [5.74, 6) is 0.193. The first-order valence-corrected chi connectivity index (χ1v) is 8.76. The van der Waals surface area contributed by atoms with Gasteiger partial charge in [-0.1, -0.05) is 42.5 Å². The Labute approximate surface area is 150 Å². The Balaban J connectivity index is 0.00000169. The Bertz CT molecular complexity index is 680. The van der Waals surface area contributed by atoms with E-state index in [9.17, 15) is 5.11 Å². The van der Waals surface area contributed by atoms with Crippen molar-refractivity contribution in [2.75, 3.05) is 32.8 Å². The molecule has 130 valence electrons. The molecule has 1 heterocycles. The molecule has 1 saturated heterocycles. The molecule has 2 aromatic rings. The molecule has 1 N–H and O–H groups in total. The maximum Gasteiger partial charge on any atom is 0.0728 e. The molecule has 2 aliphatic rings. The molecule has 0 bridgehead atoms. The van der Waals surface area contributed by atoms with Crippen molar-refractivity contribution in [2.24, 2.45) is 0 Å². The predicted octanol–water partition coefficient (Wildman–Crippen LogP) is 3.59. The number of hydrogen-bond acceptors (Lipinski definition) is 3. The lowest BCUT2D eigenvalue weighted by molar-refractivity contribution is -0.0708. The van der Waals surface area contributed by atoms with Crippen LogP contribution in [0.25, 0.3) is 10.8 Å². The molecule has 24 heavy (non-hydrogen) atoms. The van der Waals surface area contributed by atoms with Crippen molar-refractivity contribution in [3.8, 4) is 0 Å². The minimum Gasteiger partial charge on any atom is -0.389 e. The van der Waals surface area contributed by atoms with Crippen LogP contribution in [0.4, 0.5) is 0 Å². The summed E-state index contributed by atoms with van der Waals surface area (Å²) >= 11 is 0. The number of nitrogens with zero attached hydrogens (tertiary/aromatic N) is 1. The van der Waals surface area contributed by atoms with Crippen molar-refractivity contribution in [3.63, 3.8) is 0 Å². The number of rotatable bonds is 4. The van der Waals surface area contributed by atoms with Gasteiger partial charge in [-0.2, -0.15) is 0 Å². The molecule has 2 fully saturated rings. The second-order valence-electron chi connectivity index (χ2n) is 7.03. The van der Waals surface area contributed by atoms with E-state index in [4.69, 9.17) is 4.74 Å². The van der Waals surface area contributed by atoms with Gasteiger partial charge >= 0.3 is 0 Å². The van der Waals surface area contributed by atoms with Gasteiger partial charge in [-0.05, 0) is 35.6 Å². The van der Waals surface area contributed by atoms with Crippen LogP contribution in [0.2, 0.25) is 0 Å². The van der Waals surface area contributed by atoms with E-state index in [0.717, 1.165) is 52.1 Å². The molecule has 0 amide bonds. The molecule has 4 heteroatoms. The SMILES string of the molecule is Cl.OC1(C(CN2CCOCC2)c2ccc3ccccc3c2)CCC1. The summed E-state index contributed by atoms with van der Waals surface area (Å²) in [5, 5.41) is 13.6.